The summed E-state index contributed by atoms with van der Waals surface area (Å²) in [5, 5.41) is 14.9. The second-order valence-corrected chi connectivity index (χ2v) is 8.65. The van der Waals surface area contributed by atoms with E-state index in [2.05, 4.69) is 5.10 Å². The third-order valence-electron chi connectivity index (χ3n) is 4.92. The number of benzene rings is 1. The molecule has 0 aliphatic heterocycles. The summed E-state index contributed by atoms with van der Waals surface area (Å²) in [6, 6.07) is 14.4. The number of furan rings is 1. The molecule has 0 aliphatic carbocycles. The Hall–Kier alpha value is -3.61. The zero-order chi connectivity index (χ0) is 23.4. The van der Waals surface area contributed by atoms with Crippen molar-refractivity contribution in [2.75, 3.05) is 13.2 Å². The molecule has 8 nitrogen and oxygen atoms in total. The highest BCUT2D eigenvalue weighted by atomic mass is 35.5. The van der Waals surface area contributed by atoms with Crippen LogP contribution in [0.1, 0.15) is 27.5 Å². The van der Waals surface area contributed by atoms with Gasteiger partial charge in [0.2, 0.25) is 0 Å². The van der Waals surface area contributed by atoms with Gasteiger partial charge in [-0.3, -0.25) is 4.79 Å². The van der Waals surface area contributed by atoms with Crippen molar-refractivity contribution in [3.05, 3.63) is 70.1 Å². The van der Waals surface area contributed by atoms with Gasteiger partial charge in [0.05, 0.1) is 36.7 Å². The number of esters is 1. The molecule has 3 aromatic heterocycles. The van der Waals surface area contributed by atoms with E-state index in [0.29, 0.717) is 15.7 Å². The largest absolute Gasteiger partial charge is 0.467 e. The summed E-state index contributed by atoms with van der Waals surface area (Å²) >= 11 is 7.22. The van der Waals surface area contributed by atoms with Crippen molar-refractivity contribution in [3.63, 3.8) is 0 Å². The Morgan fingerprint density at radius 3 is 2.79 bits per heavy atom. The summed E-state index contributed by atoms with van der Waals surface area (Å²) in [5.41, 5.74) is 1.59. The van der Waals surface area contributed by atoms with E-state index in [1.807, 2.05) is 25.1 Å². The summed E-state index contributed by atoms with van der Waals surface area (Å²) < 4.78 is 12.3. The predicted molar refractivity (Wildman–Crippen MR) is 123 cm³/mol. The number of fused-ring (bicyclic) bond motifs is 1. The van der Waals surface area contributed by atoms with Crippen molar-refractivity contribution < 1.29 is 18.7 Å². The molecule has 0 unspecified atom stereocenters. The number of aryl methyl sites for hydroxylation is 1. The molecule has 3 heterocycles. The van der Waals surface area contributed by atoms with Crippen LogP contribution in [0.25, 0.3) is 15.9 Å². The van der Waals surface area contributed by atoms with E-state index in [9.17, 15) is 9.59 Å². The molecular formula is C23H19ClN4O4S. The maximum atomic E-state index is 12.7. The number of nitrogens with zero attached hydrogens (tertiary/aromatic N) is 4. The average molecular weight is 483 g/mol. The molecule has 0 N–H and O–H groups in total. The summed E-state index contributed by atoms with van der Waals surface area (Å²) in [7, 11) is 0. The molecule has 0 atom stereocenters. The van der Waals surface area contributed by atoms with E-state index in [4.69, 9.17) is 26.0 Å². The molecule has 10 heteroatoms. The molecule has 0 saturated heterocycles. The van der Waals surface area contributed by atoms with Gasteiger partial charge in [0.1, 0.15) is 15.5 Å². The predicted octanol–water partition coefficient (Wildman–Crippen LogP) is 4.74. The first-order valence-electron chi connectivity index (χ1n) is 10.1. The minimum absolute atomic E-state index is 0.164. The van der Waals surface area contributed by atoms with Crippen LogP contribution in [0.5, 0.6) is 0 Å². The van der Waals surface area contributed by atoms with Crippen LogP contribution in [-0.4, -0.2) is 39.7 Å². The van der Waals surface area contributed by atoms with Gasteiger partial charge < -0.3 is 14.1 Å². The van der Waals surface area contributed by atoms with Crippen LogP contribution in [0.4, 0.5) is 0 Å². The maximum Gasteiger partial charge on any atom is 0.348 e. The molecule has 168 valence electrons. The first-order chi connectivity index (χ1) is 16.0. The lowest BCUT2D eigenvalue weighted by molar-refractivity contribution is -0.135. The van der Waals surface area contributed by atoms with E-state index in [1.165, 1.54) is 22.5 Å². The number of aromatic nitrogens is 2. The third-order valence-corrected chi connectivity index (χ3v) is 6.26. The van der Waals surface area contributed by atoms with Gasteiger partial charge in [-0.2, -0.15) is 10.4 Å². The van der Waals surface area contributed by atoms with Crippen LogP contribution in [0.15, 0.2) is 53.1 Å². The number of ether oxygens (including phenoxy) is 1. The highest BCUT2D eigenvalue weighted by Gasteiger charge is 2.21. The van der Waals surface area contributed by atoms with E-state index in [0.717, 1.165) is 21.6 Å². The lowest BCUT2D eigenvalue weighted by atomic mass is 10.3. The number of halogens is 1. The van der Waals surface area contributed by atoms with Gasteiger partial charge in [-0.15, -0.1) is 11.3 Å². The summed E-state index contributed by atoms with van der Waals surface area (Å²) in [5.74, 6) is -0.413. The minimum Gasteiger partial charge on any atom is -0.467 e. The molecule has 0 fully saturated rings. The zero-order valence-corrected chi connectivity index (χ0v) is 19.2. The van der Waals surface area contributed by atoms with Gasteiger partial charge in [-0.05, 0) is 49.4 Å². The molecule has 1 amide bonds. The fourth-order valence-corrected chi connectivity index (χ4v) is 4.46. The van der Waals surface area contributed by atoms with Gasteiger partial charge in [-0.1, -0.05) is 11.6 Å². The van der Waals surface area contributed by atoms with Gasteiger partial charge in [0, 0.05) is 17.0 Å². The van der Waals surface area contributed by atoms with Crippen LogP contribution >= 0.6 is 22.9 Å². The monoisotopic (exact) mass is 482 g/mol. The molecule has 0 aliphatic rings. The average Bonchev–Trinajstić information content (AvgIpc) is 3.54. The minimum atomic E-state index is -0.593. The Morgan fingerprint density at radius 1 is 1.30 bits per heavy atom. The fourth-order valence-electron chi connectivity index (χ4n) is 3.26. The number of carbonyl (C=O) groups excluding carboxylic acids is 2. The van der Waals surface area contributed by atoms with Crippen LogP contribution in [-0.2, 0) is 16.1 Å². The van der Waals surface area contributed by atoms with E-state index in [-0.39, 0.29) is 19.5 Å². The Kier molecular flexibility index (Phi) is 6.77. The number of amides is 1. The Labute approximate surface area is 198 Å². The highest BCUT2D eigenvalue weighted by Crippen LogP contribution is 2.31. The topological polar surface area (TPSA) is 101 Å². The number of rotatable bonds is 8. The number of hydrogen-bond acceptors (Lipinski definition) is 7. The standard InChI is InChI=1S/C23H19ClN4O4S/c1-15-19-12-20(33-22(19)28(26-15)17-7-5-16(24)6-8-17)23(30)32-14-21(29)27(10-3-9-25)13-18-4-2-11-31-18/h2,4-8,11-12H,3,10,13-14H2,1H3. The number of hydrogen-bond donors (Lipinski definition) is 0. The van der Waals surface area contributed by atoms with Crippen LogP contribution in [0, 0.1) is 18.3 Å². The molecule has 4 rings (SSSR count). The van der Waals surface area contributed by atoms with E-state index >= 15 is 0 Å². The van der Waals surface area contributed by atoms with Crippen molar-refractivity contribution >= 4 is 45.0 Å². The Bertz CT molecular complexity index is 1320. The number of carbonyl (C=O) groups is 2. The van der Waals surface area contributed by atoms with Crippen LogP contribution in [0.3, 0.4) is 0 Å². The molecule has 0 radical (unpaired) electrons. The number of thiophene rings is 1. The molecule has 0 saturated carbocycles. The third kappa shape index (κ3) is 5.08. The van der Waals surface area contributed by atoms with Crippen molar-refractivity contribution in [2.45, 2.75) is 19.9 Å². The lowest BCUT2D eigenvalue weighted by Crippen LogP contribution is -2.34. The van der Waals surface area contributed by atoms with Crippen molar-refractivity contribution in [3.8, 4) is 11.8 Å². The van der Waals surface area contributed by atoms with Gasteiger partial charge in [0.25, 0.3) is 5.91 Å². The smallest absolute Gasteiger partial charge is 0.348 e. The SMILES string of the molecule is Cc1nn(-c2ccc(Cl)cc2)c2sc(C(=O)OCC(=O)N(CCC#N)Cc3ccco3)cc12. The summed E-state index contributed by atoms with van der Waals surface area (Å²) in [6.07, 6.45) is 1.67. The van der Waals surface area contributed by atoms with Gasteiger partial charge in [-0.25, -0.2) is 9.48 Å². The Morgan fingerprint density at radius 2 is 2.09 bits per heavy atom. The second kappa shape index (κ2) is 9.90. The zero-order valence-electron chi connectivity index (χ0n) is 17.7. The normalized spacial score (nSPS) is 10.8. The first-order valence-corrected chi connectivity index (χ1v) is 11.2. The second-order valence-electron chi connectivity index (χ2n) is 7.18. The Balaban J connectivity index is 1.47. The fraction of sp³-hybridized carbons (Fsp3) is 0.217. The van der Waals surface area contributed by atoms with Crippen LogP contribution in [0.2, 0.25) is 5.02 Å². The molecular weight excluding hydrogens is 464 g/mol. The first kappa shape index (κ1) is 22.6. The lowest BCUT2D eigenvalue weighted by Gasteiger charge is -2.20. The van der Waals surface area contributed by atoms with Crippen LogP contribution < -0.4 is 0 Å². The molecule has 0 spiro atoms. The van der Waals surface area contributed by atoms with Crippen molar-refractivity contribution in [2.24, 2.45) is 0 Å². The number of nitriles is 1. The molecule has 4 aromatic rings. The molecule has 1 aromatic carbocycles. The summed E-state index contributed by atoms with van der Waals surface area (Å²) in [4.78, 5) is 27.9. The van der Waals surface area contributed by atoms with Gasteiger partial charge >= 0.3 is 5.97 Å². The van der Waals surface area contributed by atoms with E-state index < -0.39 is 18.5 Å². The molecule has 33 heavy (non-hydrogen) atoms. The quantitative estimate of drug-likeness (QED) is 0.336. The maximum absolute atomic E-state index is 12.7. The summed E-state index contributed by atoms with van der Waals surface area (Å²) in [6.45, 7) is 1.85. The van der Waals surface area contributed by atoms with Crippen molar-refractivity contribution in [1.29, 1.82) is 5.26 Å². The highest BCUT2D eigenvalue weighted by molar-refractivity contribution is 7.20. The van der Waals surface area contributed by atoms with Crippen molar-refractivity contribution in [1.82, 2.24) is 14.7 Å². The molecule has 0 bridgehead atoms. The van der Waals surface area contributed by atoms with Gasteiger partial charge in [0.15, 0.2) is 6.61 Å². The van der Waals surface area contributed by atoms with E-state index in [1.54, 1.807) is 35.0 Å².